The minimum Gasteiger partial charge on any atom is -0.395 e. The second-order valence-corrected chi connectivity index (χ2v) is 5.35. The van der Waals surface area contributed by atoms with E-state index in [0.717, 1.165) is 18.4 Å². The maximum Gasteiger partial charge on any atom is 0.254 e. The highest BCUT2D eigenvalue weighted by molar-refractivity contribution is 5.94. The fourth-order valence-electron chi connectivity index (χ4n) is 2.44. The van der Waals surface area contributed by atoms with Gasteiger partial charge in [0.15, 0.2) is 0 Å². The molecule has 0 radical (unpaired) electrons. The molecule has 0 unspecified atom stereocenters. The molecule has 1 amide bonds. The molecule has 5 nitrogen and oxygen atoms in total. The minimum atomic E-state index is 0.0113. The normalized spacial score (nSPS) is 14.1. The Hall–Kier alpha value is -2.14. The molecule has 110 valence electrons. The number of hydrogen-bond acceptors (Lipinski definition) is 3. The average Bonchev–Trinajstić information content (AvgIpc) is 3.22. The molecule has 1 saturated carbocycles. The van der Waals surface area contributed by atoms with Gasteiger partial charge in [0.1, 0.15) is 0 Å². The smallest absolute Gasteiger partial charge is 0.254 e. The molecule has 1 aromatic heterocycles. The number of aliphatic hydroxyl groups excluding tert-OH is 1. The first kappa shape index (κ1) is 13.8. The number of carbonyl (C=O) groups is 1. The molecule has 3 rings (SSSR count). The standard InChI is InChI=1S/C16H19N3O2/c20-11-10-19(15-6-7-15)16(21)14-4-2-13(3-5-14)12-18-9-1-8-17-18/h1-5,8-9,15,20H,6-7,10-12H2. The van der Waals surface area contributed by atoms with Crippen molar-refractivity contribution in [3.63, 3.8) is 0 Å². The van der Waals surface area contributed by atoms with E-state index in [2.05, 4.69) is 5.10 Å². The number of carbonyl (C=O) groups excluding carboxylic acids is 1. The Morgan fingerprint density at radius 3 is 2.67 bits per heavy atom. The molecule has 1 N–H and O–H groups in total. The van der Waals surface area contributed by atoms with E-state index in [4.69, 9.17) is 5.11 Å². The van der Waals surface area contributed by atoms with Crippen LogP contribution >= 0.6 is 0 Å². The van der Waals surface area contributed by atoms with Crippen LogP contribution in [0.4, 0.5) is 0 Å². The van der Waals surface area contributed by atoms with Crippen LogP contribution in [-0.4, -0.2) is 44.9 Å². The van der Waals surface area contributed by atoms with Crippen molar-refractivity contribution in [2.75, 3.05) is 13.2 Å². The van der Waals surface area contributed by atoms with Gasteiger partial charge >= 0.3 is 0 Å². The minimum absolute atomic E-state index is 0.0113. The molecule has 0 aliphatic heterocycles. The largest absolute Gasteiger partial charge is 0.395 e. The summed E-state index contributed by atoms with van der Waals surface area (Å²) in [5.41, 5.74) is 1.79. The highest BCUT2D eigenvalue weighted by Crippen LogP contribution is 2.28. The lowest BCUT2D eigenvalue weighted by molar-refractivity contribution is 0.0707. The maximum absolute atomic E-state index is 12.4. The third-order valence-corrected chi connectivity index (χ3v) is 3.69. The summed E-state index contributed by atoms with van der Waals surface area (Å²) in [5.74, 6) is 0.0113. The van der Waals surface area contributed by atoms with Crippen molar-refractivity contribution in [1.82, 2.24) is 14.7 Å². The fourth-order valence-corrected chi connectivity index (χ4v) is 2.44. The van der Waals surface area contributed by atoms with Crippen LogP contribution in [0.15, 0.2) is 42.7 Å². The number of rotatable bonds is 6. The Bertz CT molecular complexity index is 588. The number of benzene rings is 1. The third-order valence-electron chi connectivity index (χ3n) is 3.69. The molecular weight excluding hydrogens is 266 g/mol. The third kappa shape index (κ3) is 3.31. The van der Waals surface area contributed by atoms with Gasteiger partial charge in [0.2, 0.25) is 0 Å². The zero-order valence-electron chi connectivity index (χ0n) is 11.9. The number of aromatic nitrogens is 2. The van der Waals surface area contributed by atoms with Crippen LogP contribution in [0.5, 0.6) is 0 Å². The molecule has 21 heavy (non-hydrogen) atoms. The van der Waals surface area contributed by atoms with Crippen LogP contribution in [0.2, 0.25) is 0 Å². The van der Waals surface area contributed by atoms with Crippen molar-refractivity contribution in [2.45, 2.75) is 25.4 Å². The molecule has 1 aliphatic rings. The highest BCUT2D eigenvalue weighted by Gasteiger charge is 2.32. The molecule has 1 heterocycles. The van der Waals surface area contributed by atoms with Crippen LogP contribution < -0.4 is 0 Å². The summed E-state index contributed by atoms with van der Waals surface area (Å²) in [4.78, 5) is 14.2. The molecule has 1 aliphatic carbocycles. The van der Waals surface area contributed by atoms with E-state index in [1.54, 1.807) is 11.1 Å². The van der Waals surface area contributed by atoms with Crippen LogP contribution in [0, 0.1) is 0 Å². The van der Waals surface area contributed by atoms with E-state index >= 15 is 0 Å². The van der Waals surface area contributed by atoms with Gasteiger partial charge < -0.3 is 10.0 Å². The summed E-state index contributed by atoms with van der Waals surface area (Å²) in [7, 11) is 0. The van der Waals surface area contributed by atoms with Gasteiger partial charge in [-0.3, -0.25) is 9.48 Å². The van der Waals surface area contributed by atoms with Crippen LogP contribution in [0.1, 0.15) is 28.8 Å². The number of amides is 1. The molecule has 0 saturated heterocycles. The number of aliphatic hydroxyl groups is 1. The Morgan fingerprint density at radius 2 is 2.10 bits per heavy atom. The first-order chi connectivity index (χ1) is 10.3. The van der Waals surface area contributed by atoms with E-state index in [1.807, 2.05) is 41.2 Å². The first-order valence-corrected chi connectivity index (χ1v) is 7.26. The fraction of sp³-hybridized carbons (Fsp3) is 0.375. The zero-order chi connectivity index (χ0) is 14.7. The van der Waals surface area contributed by atoms with Crippen LogP contribution in [0.25, 0.3) is 0 Å². The van der Waals surface area contributed by atoms with Crippen LogP contribution in [-0.2, 0) is 6.54 Å². The summed E-state index contributed by atoms with van der Waals surface area (Å²) in [6, 6.07) is 9.83. The second-order valence-electron chi connectivity index (χ2n) is 5.35. The summed E-state index contributed by atoms with van der Waals surface area (Å²) < 4.78 is 1.85. The summed E-state index contributed by atoms with van der Waals surface area (Å²) in [6.07, 6.45) is 5.75. The summed E-state index contributed by atoms with van der Waals surface area (Å²) >= 11 is 0. The lowest BCUT2D eigenvalue weighted by Gasteiger charge is -2.21. The molecule has 0 spiro atoms. The Labute approximate surface area is 123 Å². The van der Waals surface area contributed by atoms with Gasteiger partial charge in [0.25, 0.3) is 5.91 Å². The molecule has 1 aromatic carbocycles. The molecule has 2 aromatic rings. The second kappa shape index (κ2) is 6.10. The Kier molecular flexibility index (Phi) is 4.01. The van der Waals surface area contributed by atoms with Crippen molar-refractivity contribution in [2.24, 2.45) is 0 Å². The lowest BCUT2D eigenvalue weighted by atomic mass is 10.1. The van der Waals surface area contributed by atoms with Gasteiger partial charge in [-0.2, -0.15) is 5.10 Å². The quantitative estimate of drug-likeness (QED) is 0.875. The molecular formula is C16H19N3O2. The molecule has 5 heteroatoms. The van der Waals surface area contributed by atoms with E-state index in [9.17, 15) is 4.79 Å². The van der Waals surface area contributed by atoms with Crippen molar-refractivity contribution in [1.29, 1.82) is 0 Å². The van der Waals surface area contributed by atoms with Crippen molar-refractivity contribution < 1.29 is 9.90 Å². The topological polar surface area (TPSA) is 58.4 Å². The van der Waals surface area contributed by atoms with E-state index in [-0.39, 0.29) is 12.5 Å². The van der Waals surface area contributed by atoms with Gasteiger partial charge in [-0.15, -0.1) is 0 Å². The number of nitrogens with zero attached hydrogens (tertiary/aromatic N) is 3. The predicted molar refractivity (Wildman–Crippen MR) is 78.9 cm³/mol. The predicted octanol–water partition coefficient (Wildman–Crippen LogP) is 1.53. The highest BCUT2D eigenvalue weighted by atomic mass is 16.3. The first-order valence-electron chi connectivity index (χ1n) is 7.26. The van der Waals surface area contributed by atoms with E-state index in [0.29, 0.717) is 24.7 Å². The van der Waals surface area contributed by atoms with Crippen molar-refractivity contribution in [3.05, 3.63) is 53.9 Å². The summed E-state index contributed by atoms with van der Waals surface area (Å²) in [5, 5.41) is 13.3. The van der Waals surface area contributed by atoms with Gasteiger partial charge in [0, 0.05) is 30.5 Å². The van der Waals surface area contributed by atoms with Gasteiger partial charge in [-0.05, 0) is 36.6 Å². The number of hydrogen-bond donors (Lipinski definition) is 1. The molecule has 1 fully saturated rings. The molecule has 0 atom stereocenters. The Balaban J connectivity index is 1.69. The monoisotopic (exact) mass is 285 g/mol. The van der Waals surface area contributed by atoms with E-state index in [1.165, 1.54) is 0 Å². The molecule has 0 bridgehead atoms. The van der Waals surface area contributed by atoms with Crippen molar-refractivity contribution in [3.8, 4) is 0 Å². The lowest BCUT2D eigenvalue weighted by Crippen LogP contribution is -2.35. The van der Waals surface area contributed by atoms with E-state index < -0.39 is 0 Å². The van der Waals surface area contributed by atoms with Gasteiger partial charge in [0.05, 0.1) is 13.2 Å². The Morgan fingerprint density at radius 1 is 1.33 bits per heavy atom. The van der Waals surface area contributed by atoms with Gasteiger partial charge in [-0.1, -0.05) is 12.1 Å². The van der Waals surface area contributed by atoms with Crippen LogP contribution in [0.3, 0.4) is 0 Å². The average molecular weight is 285 g/mol. The zero-order valence-corrected chi connectivity index (χ0v) is 11.9. The van der Waals surface area contributed by atoms with Crippen molar-refractivity contribution >= 4 is 5.91 Å². The van der Waals surface area contributed by atoms with Gasteiger partial charge in [-0.25, -0.2) is 0 Å². The maximum atomic E-state index is 12.4. The SMILES string of the molecule is O=C(c1ccc(Cn2cccn2)cc1)N(CCO)C1CC1. The summed E-state index contributed by atoms with van der Waals surface area (Å²) in [6.45, 7) is 1.13.